The van der Waals surface area contributed by atoms with Crippen LogP contribution in [0.4, 0.5) is 36.3 Å². The molecule has 2 aromatic carbocycles. The molecule has 1 aliphatic rings. The number of hydrogen-bond acceptors (Lipinski definition) is 5. The van der Waals surface area contributed by atoms with E-state index in [1.54, 1.807) is 24.3 Å². The van der Waals surface area contributed by atoms with Crippen molar-refractivity contribution >= 4 is 23.1 Å². The summed E-state index contributed by atoms with van der Waals surface area (Å²) >= 11 is 0. The molecule has 0 radical (unpaired) electrons. The third-order valence-corrected chi connectivity index (χ3v) is 5.67. The molecular weight excluding hydrogens is 417 g/mol. The number of halogens is 3. The molecule has 0 unspecified atom stereocenters. The van der Waals surface area contributed by atoms with Gasteiger partial charge in [-0.1, -0.05) is 37.5 Å². The first-order valence-electron chi connectivity index (χ1n) is 10.6. The van der Waals surface area contributed by atoms with Gasteiger partial charge in [0.2, 0.25) is 5.95 Å². The number of alkyl halides is 3. The SMILES string of the molecule is COc1cccc(Nc2nc(Nc3ccc(C4CCCCC4)cc3)ncc2C(F)(F)F)c1. The molecule has 1 aliphatic carbocycles. The van der Waals surface area contributed by atoms with E-state index in [2.05, 4.69) is 32.7 Å². The van der Waals surface area contributed by atoms with Crippen molar-refractivity contribution in [1.82, 2.24) is 9.97 Å². The lowest BCUT2D eigenvalue weighted by Crippen LogP contribution is -2.12. The highest BCUT2D eigenvalue weighted by atomic mass is 19.4. The van der Waals surface area contributed by atoms with E-state index in [-0.39, 0.29) is 11.8 Å². The first-order valence-corrected chi connectivity index (χ1v) is 10.6. The Morgan fingerprint density at radius 2 is 1.69 bits per heavy atom. The van der Waals surface area contributed by atoms with Crippen LogP contribution in [0.15, 0.2) is 54.7 Å². The van der Waals surface area contributed by atoms with Crippen LogP contribution in [0, 0.1) is 0 Å². The van der Waals surface area contributed by atoms with E-state index >= 15 is 0 Å². The number of methoxy groups -OCH3 is 1. The second-order valence-electron chi connectivity index (χ2n) is 7.89. The summed E-state index contributed by atoms with van der Waals surface area (Å²) in [5.41, 5.74) is 1.50. The molecule has 168 valence electrons. The van der Waals surface area contributed by atoms with Crippen molar-refractivity contribution < 1.29 is 17.9 Å². The van der Waals surface area contributed by atoms with E-state index in [0.29, 0.717) is 17.4 Å². The van der Waals surface area contributed by atoms with Crippen LogP contribution in [-0.2, 0) is 6.18 Å². The Labute approximate surface area is 185 Å². The number of aromatic nitrogens is 2. The van der Waals surface area contributed by atoms with Crippen LogP contribution < -0.4 is 15.4 Å². The highest BCUT2D eigenvalue weighted by molar-refractivity contribution is 5.64. The van der Waals surface area contributed by atoms with Gasteiger partial charge in [0.1, 0.15) is 17.1 Å². The zero-order chi connectivity index (χ0) is 22.6. The largest absolute Gasteiger partial charge is 0.497 e. The molecule has 4 rings (SSSR count). The molecule has 1 fully saturated rings. The molecule has 5 nitrogen and oxygen atoms in total. The minimum Gasteiger partial charge on any atom is -0.497 e. The summed E-state index contributed by atoms with van der Waals surface area (Å²) in [6, 6.07) is 14.6. The Bertz CT molecular complexity index is 1050. The lowest BCUT2D eigenvalue weighted by Gasteiger charge is -2.22. The van der Waals surface area contributed by atoms with Crippen molar-refractivity contribution in [1.29, 1.82) is 0 Å². The summed E-state index contributed by atoms with van der Waals surface area (Å²) in [4.78, 5) is 7.99. The molecule has 0 saturated heterocycles. The second kappa shape index (κ2) is 9.46. The first-order chi connectivity index (χ1) is 15.4. The van der Waals surface area contributed by atoms with Crippen molar-refractivity contribution in [3.8, 4) is 5.75 Å². The van der Waals surface area contributed by atoms with Crippen molar-refractivity contribution in [3.63, 3.8) is 0 Å². The van der Waals surface area contributed by atoms with Gasteiger partial charge >= 0.3 is 6.18 Å². The maximum Gasteiger partial charge on any atom is 0.421 e. The highest BCUT2D eigenvalue weighted by Crippen LogP contribution is 2.36. The Morgan fingerprint density at radius 3 is 2.38 bits per heavy atom. The van der Waals surface area contributed by atoms with Gasteiger partial charge in [0.05, 0.1) is 7.11 Å². The van der Waals surface area contributed by atoms with Gasteiger partial charge in [0, 0.05) is 23.6 Å². The van der Waals surface area contributed by atoms with Crippen molar-refractivity contribution in [2.24, 2.45) is 0 Å². The van der Waals surface area contributed by atoms with E-state index in [4.69, 9.17) is 4.74 Å². The Hall–Kier alpha value is -3.29. The number of rotatable bonds is 6. The lowest BCUT2D eigenvalue weighted by molar-refractivity contribution is -0.137. The molecular formula is C24H25F3N4O. The average Bonchev–Trinajstić information content (AvgIpc) is 2.80. The third-order valence-electron chi connectivity index (χ3n) is 5.67. The normalized spacial score (nSPS) is 14.8. The molecule has 8 heteroatoms. The predicted molar refractivity (Wildman–Crippen MR) is 119 cm³/mol. The number of hydrogen-bond donors (Lipinski definition) is 2. The van der Waals surface area contributed by atoms with Crippen LogP contribution in [0.2, 0.25) is 0 Å². The number of nitrogens with zero attached hydrogens (tertiary/aromatic N) is 2. The van der Waals surface area contributed by atoms with E-state index in [1.807, 2.05) is 12.1 Å². The predicted octanol–water partition coefficient (Wildman–Crippen LogP) is 7.04. The summed E-state index contributed by atoms with van der Waals surface area (Å²) in [5.74, 6) is 0.851. The molecule has 1 saturated carbocycles. The molecule has 0 spiro atoms. The van der Waals surface area contributed by atoms with Gasteiger partial charge in [-0.05, 0) is 48.6 Å². The molecule has 1 aromatic heterocycles. The standard InChI is InChI=1S/C24H25F3N4O/c1-32-20-9-5-8-19(14-20)29-22-21(24(25,26)27)15-28-23(31-22)30-18-12-10-17(11-13-18)16-6-3-2-4-7-16/h5,8-16H,2-4,6-7H2,1H3,(H2,28,29,30,31). The zero-order valence-electron chi connectivity index (χ0n) is 17.7. The fourth-order valence-corrected chi connectivity index (χ4v) is 3.99. The smallest absolute Gasteiger partial charge is 0.421 e. The quantitative estimate of drug-likeness (QED) is 0.429. The Kier molecular flexibility index (Phi) is 6.48. The minimum absolute atomic E-state index is 0.0776. The molecule has 1 heterocycles. The van der Waals surface area contributed by atoms with Crippen molar-refractivity contribution in [3.05, 3.63) is 65.9 Å². The van der Waals surface area contributed by atoms with Gasteiger partial charge in [-0.25, -0.2) is 4.98 Å². The highest BCUT2D eigenvalue weighted by Gasteiger charge is 2.35. The number of benzene rings is 2. The fourth-order valence-electron chi connectivity index (χ4n) is 3.99. The van der Waals surface area contributed by atoms with Crippen LogP contribution in [0.3, 0.4) is 0 Å². The Balaban J connectivity index is 1.55. The maximum absolute atomic E-state index is 13.5. The topological polar surface area (TPSA) is 59.1 Å². The number of anilines is 4. The summed E-state index contributed by atoms with van der Waals surface area (Å²) in [6.07, 6.45) is 2.41. The lowest BCUT2D eigenvalue weighted by atomic mass is 9.84. The van der Waals surface area contributed by atoms with Crippen LogP contribution in [0.5, 0.6) is 5.75 Å². The van der Waals surface area contributed by atoms with Gasteiger partial charge in [0.15, 0.2) is 0 Å². The summed E-state index contributed by atoms with van der Waals surface area (Å²) in [6.45, 7) is 0. The molecule has 2 N–H and O–H groups in total. The average molecular weight is 442 g/mol. The summed E-state index contributed by atoms with van der Waals surface area (Å²) in [5, 5.41) is 5.75. The third kappa shape index (κ3) is 5.30. The van der Waals surface area contributed by atoms with Gasteiger partial charge in [-0.2, -0.15) is 18.2 Å². The molecule has 3 aromatic rings. The molecule has 0 bridgehead atoms. The van der Waals surface area contributed by atoms with E-state index in [9.17, 15) is 13.2 Å². The minimum atomic E-state index is -4.60. The van der Waals surface area contributed by atoms with Gasteiger partial charge in [-0.3, -0.25) is 0 Å². The van der Waals surface area contributed by atoms with Gasteiger partial charge in [-0.15, -0.1) is 0 Å². The van der Waals surface area contributed by atoms with Crippen LogP contribution in [0.25, 0.3) is 0 Å². The van der Waals surface area contributed by atoms with Gasteiger partial charge < -0.3 is 15.4 Å². The molecule has 0 atom stereocenters. The molecule has 0 aliphatic heterocycles. The van der Waals surface area contributed by atoms with E-state index in [1.165, 1.54) is 44.8 Å². The monoisotopic (exact) mass is 442 g/mol. The van der Waals surface area contributed by atoms with E-state index in [0.717, 1.165) is 11.9 Å². The summed E-state index contributed by atoms with van der Waals surface area (Å²) < 4.78 is 45.7. The van der Waals surface area contributed by atoms with Crippen molar-refractivity contribution in [2.45, 2.75) is 44.2 Å². The number of ether oxygens (including phenoxy) is 1. The van der Waals surface area contributed by atoms with Gasteiger partial charge in [0.25, 0.3) is 0 Å². The maximum atomic E-state index is 13.5. The molecule has 0 amide bonds. The zero-order valence-corrected chi connectivity index (χ0v) is 17.7. The van der Waals surface area contributed by atoms with Crippen LogP contribution in [-0.4, -0.2) is 17.1 Å². The number of nitrogens with one attached hydrogen (secondary N) is 2. The van der Waals surface area contributed by atoms with Crippen molar-refractivity contribution in [2.75, 3.05) is 17.7 Å². The fraction of sp³-hybridized carbons (Fsp3) is 0.333. The van der Waals surface area contributed by atoms with Crippen LogP contribution in [0.1, 0.15) is 49.1 Å². The molecule has 32 heavy (non-hydrogen) atoms. The van der Waals surface area contributed by atoms with E-state index < -0.39 is 11.7 Å². The second-order valence-corrected chi connectivity index (χ2v) is 7.89. The van der Waals surface area contributed by atoms with Crippen LogP contribution >= 0.6 is 0 Å². The Morgan fingerprint density at radius 1 is 0.938 bits per heavy atom. The summed E-state index contributed by atoms with van der Waals surface area (Å²) in [7, 11) is 1.49. The first kappa shape index (κ1) is 21.9.